The first-order valence-electron chi connectivity index (χ1n) is 11.7. The van der Waals surface area contributed by atoms with Gasteiger partial charge in [-0.05, 0) is 43.2 Å². The first kappa shape index (κ1) is 25.6. The summed E-state index contributed by atoms with van der Waals surface area (Å²) in [6.45, 7) is 3.38. The summed E-state index contributed by atoms with van der Waals surface area (Å²) in [5.41, 5.74) is 1.45. The normalized spacial score (nSPS) is 14.7. The minimum atomic E-state index is -1.09. The maximum absolute atomic E-state index is 13.0. The number of hydrogen-bond acceptors (Lipinski definition) is 7. The number of pyridine rings is 1. The molecule has 192 valence electrons. The molecule has 2 N–H and O–H groups in total. The molecule has 37 heavy (non-hydrogen) atoms. The summed E-state index contributed by atoms with van der Waals surface area (Å²) in [4.78, 5) is 28.8. The number of hydrogen-bond donors (Lipinski definition) is 2. The smallest absolute Gasteiger partial charge is 0.325 e. The minimum Gasteiger partial charge on any atom is -0.496 e. The summed E-state index contributed by atoms with van der Waals surface area (Å²) in [5.74, 6) is -0.716. The molecule has 1 atom stereocenters. The van der Waals surface area contributed by atoms with Gasteiger partial charge in [-0.2, -0.15) is 0 Å². The van der Waals surface area contributed by atoms with Crippen molar-refractivity contribution in [1.29, 1.82) is 0 Å². The van der Waals surface area contributed by atoms with Gasteiger partial charge in [0.2, 0.25) is 12.2 Å². The van der Waals surface area contributed by atoms with E-state index in [0.29, 0.717) is 23.3 Å². The summed E-state index contributed by atoms with van der Waals surface area (Å²) in [7, 11) is 1.49. The molecule has 0 saturated heterocycles. The van der Waals surface area contributed by atoms with Crippen molar-refractivity contribution in [2.24, 2.45) is 0 Å². The summed E-state index contributed by atoms with van der Waals surface area (Å²) in [5, 5.41) is 12.3. The van der Waals surface area contributed by atoms with Crippen molar-refractivity contribution >= 4 is 11.9 Å². The Morgan fingerprint density at radius 2 is 1.89 bits per heavy atom. The van der Waals surface area contributed by atoms with Crippen LogP contribution in [0.2, 0.25) is 0 Å². The molecule has 9 nitrogen and oxygen atoms in total. The lowest BCUT2D eigenvalue weighted by atomic mass is 9.84. The number of aromatic nitrogens is 1. The fraction of sp³-hybridized carbons (Fsp3) is 0.250. The van der Waals surface area contributed by atoms with E-state index in [2.05, 4.69) is 10.3 Å². The van der Waals surface area contributed by atoms with Crippen LogP contribution in [0.1, 0.15) is 40.9 Å². The van der Waals surface area contributed by atoms with E-state index >= 15 is 0 Å². The summed E-state index contributed by atoms with van der Waals surface area (Å²) in [6, 6.07) is 18.1. The summed E-state index contributed by atoms with van der Waals surface area (Å²) in [6.07, 6.45) is 2.86. The lowest BCUT2D eigenvalue weighted by Crippen LogP contribution is -2.28. The number of nitrogens with one attached hydrogen (secondary N) is 1. The van der Waals surface area contributed by atoms with Gasteiger partial charge in [0.25, 0.3) is 5.91 Å². The number of amides is 1. The Labute approximate surface area is 214 Å². The molecule has 1 unspecified atom stereocenters. The number of methoxy groups -OCH3 is 1. The molecule has 0 spiro atoms. The Balaban J connectivity index is 1.40. The highest BCUT2D eigenvalue weighted by Crippen LogP contribution is 2.30. The number of benzene rings is 2. The van der Waals surface area contributed by atoms with Crippen LogP contribution in [-0.4, -0.2) is 35.4 Å². The number of carboxylic acid groups (broad SMARTS) is 1. The van der Waals surface area contributed by atoms with E-state index < -0.39 is 23.6 Å². The number of rotatable bonds is 10. The van der Waals surface area contributed by atoms with E-state index in [9.17, 15) is 14.7 Å². The van der Waals surface area contributed by atoms with Crippen LogP contribution in [0, 0.1) is 0 Å². The highest BCUT2D eigenvalue weighted by molar-refractivity contribution is 5.96. The third kappa shape index (κ3) is 6.00. The zero-order chi connectivity index (χ0) is 26.4. The Morgan fingerprint density at radius 3 is 2.62 bits per heavy atom. The average Bonchev–Trinajstić information content (AvgIpc) is 3.34. The zero-order valence-electron chi connectivity index (χ0n) is 20.8. The van der Waals surface area contributed by atoms with Crippen molar-refractivity contribution in [3.63, 3.8) is 0 Å². The first-order chi connectivity index (χ1) is 17.8. The fourth-order valence-electron chi connectivity index (χ4n) is 3.67. The van der Waals surface area contributed by atoms with Crippen LogP contribution in [0.5, 0.6) is 11.6 Å². The predicted octanol–water partition coefficient (Wildman–Crippen LogP) is 4.18. The summed E-state index contributed by atoms with van der Waals surface area (Å²) >= 11 is 0. The third-order valence-electron chi connectivity index (χ3n) is 6.00. The molecule has 1 amide bonds. The van der Waals surface area contributed by atoms with Crippen molar-refractivity contribution in [3.8, 4) is 11.6 Å². The standard InChI is InChI=1S/C28H28N2O7/c1-28(2,27(32)33)20-12-11-19(22(15-20)34-3)16-30-25(31)21-10-7-13-29-26(21)37-24-17-35-23(36-24)14-18-8-5-4-6-9-18/h4-13,15,17,23H,14,16H2,1-3H3,(H,30,31)(H,32,33). The molecule has 0 saturated carbocycles. The highest BCUT2D eigenvalue weighted by Gasteiger charge is 2.30. The van der Waals surface area contributed by atoms with Crippen LogP contribution < -0.4 is 14.8 Å². The quantitative estimate of drug-likeness (QED) is 0.423. The molecule has 3 aromatic rings. The first-order valence-corrected chi connectivity index (χ1v) is 11.7. The lowest BCUT2D eigenvalue weighted by Gasteiger charge is -2.21. The van der Waals surface area contributed by atoms with Crippen LogP contribution in [0.4, 0.5) is 0 Å². The second-order valence-electron chi connectivity index (χ2n) is 8.91. The van der Waals surface area contributed by atoms with Crippen molar-refractivity contribution in [2.75, 3.05) is 7.11 Å². The maximum atomic E-state index is 13.0. The van der Waals surface area contributed by atoms with Gasteiger partial charge in [0.15, 0.2) is 6.26 Å². The van der Waals surface area contributed by atoms with Gasteiger partial charge in [-0.15, -0.1) is 0 Å². The van der Waals surface area contributed by atoms with Gasteiger partial charge in [-0.25, -0.2) is 4.98 Å². The Morgan fingerprint density at radius 1 is 1.11 bits per heavy atom. The molecule has 0 radical (unpaired) electrons. The Kier molecular flexibility index (Phi) is 7.62. The van der Waals surface area contributed by atoms with Gasteiger partial charge in [-0.3, -0.25) is 9.59 Å². The van der Waals surface area contributed by atoms with E-state index in [1.165, 1.54) is 19.6 Å². The van der Waals surface area contributed by atoms with Gasteiger partial charge >= 0.3 is 11.9 Å². The third-order valence-corrected chi connectivity index (χ3v) is 6.00. The molecular weight excluding hydrogens is 476 g/mol. The number of aliphatic carboxylic acids is 1. The van der Waals surface area contributed by atoms with Crippen LogP contribution in [-0.2, 0) is 32.6 Å². The largest absolute Gasteiger partial charge is 0.496 e. The van der Waals surface area contributed by atoms with Crippen LogP contribution in [0.3, 0.4) is 0 Å². The molecule has 0 fully saturated rings. The lowest BCUT2D eigenvalue weighted by molar-refractivity contribution is -0.142. The van der Waals surface area contributed by atoms with Crippen LogP contribution >= 0.6 is 0 Å². The van der Waals surface area contributed by atoms with Crippen molar-refractivity contribution < 1.29 is 33.6 Å². The molecule has 9 heteroatoms. The molecule has 1 aliphatic heterocycles. The number of ether oxygens (including phenoxy) is 4. The number of carbonyl (C=O) groups is 2. The second-order valence-corrected chi connectivity index (χ2v) is 8.91. The van der Waals surface area contributed by atoms with Gasteiger partial charge in [0.05, 0.1) is 12.5 Å². The van der Waals surface area contributed by atoms with E-state index in [0.717, 1.165) is 5.56 Å². The molecule has 1 aliphatic rings. The molecular formula is C28H28N2O7. The van der Waals surface area contributed by atoms with Gasteiger partial charge in [0, 0.05) is 24.7 Å². The van der Waals surface area contributed by atoms with Crippen molar-refractivity contribution in [3.05, 3.63) is 101 Å². The molecule has 1 aromatic heterocycles. The topological polar surface area (TPSA) is 116 Å². The van der Waals surface area contributed by atoms with Crippen molar-refractivity contribution in [2.45, 2.75) is 38.5 Å². The molecule has 4 rings (SSSR count). The summed E-state index contributed by atoms with van der Waals surface area (Å²) < 4.78 is 22.4. The van der Waals surface area contributed by atoms with Crippen molar-refractivity contribution in [1.82, 2.24) is 10.3 Å². The van der Waals surface area contributed by atoms with Crippen LogP contribution in [0.15, 0.2) is 79.1 Å². The average molecular weight is 505 g/mol. The van der Waals surface area contributed by atoms with Gasteiger partial charge in [0.1, 0.15) is 11.3 Å². The number of carboxylic acids is 1. The van der Waals surface area contributed by atoms with E-state index in [4.69, 9.17) is 18.9 Å². The second kappa shape index (κ2) is 11.0. The monoisotopic (exact) mass is 504 g/mol. The molecule has 2 aromatic carbocycles. The van der Waals surface area contributed by atoms with Gasteiger partial charge < -0.3 is 29.4 Å². The molecule has 0 aliphatic carbocycles. The van der Waals surface area contributed by atoms with Gasteiger partial charge in [-0.1, -0.05) is 42.5 Å². The van der Waals surface area contributed by atoms with E-state index in [1.54, 1.807) is 44.2 Å². The Bertz CT molecular complexity index is 1300. The maximum Gasteiger partial charge on any atom is 0.325 e. The van der Waals surface area contributed by atoms with E-state index in [-0.39, 0.29) is 23.9 Å². The minimum absolute atomic E-state index is 0.0701. The predicted molar refractivity (Wildman–Crippen MR) is 134 cm³/mol. The van der Waals surface area contributed by atoms with E-state index in [1.807, 2.05) is 30.3 Å². The van der Waals surface area contributed by atoms with Crippen LogP contribution in [0.25, 0.3) is 0 Å². The Hall–Kier alpha value is -4.53. The number of carbonyl (C=O) groups excluding carboxylic acids is 1. The molecule has 2 heterocycles. The number of nitrogens with zero attached hydrogens (tertiary/aromatic N) is 1. The highest BCUT2D eigenvalue weighted by atomic mass is 16.8. The zero-order valence-corrected chi connectivity index (χ0v) is 20.8. The fourth-order valence-corrected chi connectivity index (χ4v) is 3.67. The molecule has 0 bridgehead atoms. The SMILES string of the molecule is COc1cc(C(C)(C)C(=O)O)ccc1CNC(=O)c1cccnc1OC1=COC(Cc2ccccc2)O1.